The average Bonchev–Trinajstić information content (AvgIpc) is 2.63. The van der Waals surface area contributed by atoms with Crippen LogP contribution in [0.5, 0.6) is 0 Å². The first-order valence-corrected chi connectivity index (χ1v) is 8.07. The monoisotopic (exact) mass is 348 g/mol. The fourth-order valence-electron chi connectivity index (χ4n) is 2.88. The van der Waals surface area contributed by atoms with E-state index >= 15 is 0 Å². The molecule has 2 atom stereocenters. The number of anilines is 2. The number of nitrogen functional groups attached to an aromatic ring is 2. The van der Waals surface area contributed by atoms with Crippen LogP contribution in [0.15, 0.2) is 72.3 Å². The lowest BCUT2D eigenvalue weighted by atomic mass is 9.78. The van der Waals surface area contributed by atoms with Crippen LogP contribution in [0.1, 0.15) is 20.7 Å². The summed E-state index contributed by atoms with van der Waals surface area (Å²) in [5.74, 6) is -0.595. The molecule has 0 saturated heterocycles. The summed E-state index contributed by atoms with van der Waals surface area (Å²) < 4.78 is 0. The first-order chi connectivity index (χ1) is 12.3. The highest BCUT2D eigenvalue weighted by Crippen LogP contribution is 2.25. The number of hydrogen-bond donors (Lipinski definition) is 4. The molecule has 0 saturated carbocycles. The Morgan fingerprint density at radius 1 is 0.923 bits per heavy atom. The molecule has 2 unspecified atom stereocenters. The number of benzene rings is 2. The normalized spacial score (nSPS) is 21.9. The molecule has 0 bridgehead atoms. The molecule has 0 amide bonds. The third-order valence-electron chi connectivity index (χ3n) is 4.40. The predicted octanol–water partition coefficient (Wildman–Crippen LogP) is 1.44. The molecular weight excluding hydrogens is 328 g/mol. The number of ketones is 2. The molecule has 2 aromatic rings. The van der Waals surface area contributed by atoms with Crippen molar-refractivity contribution in [3.63, 3.8) is 0 Å². The van der Waals surface area contributed by atoms with E-state index in [1.54, 1.807) is 48.5 Å². The second kappa shape index (κ2) is 6.59. The lowest BCUT2D eigenvalue weighted by molar-refractivity contribution is 0.0908. The fraction of sp³-hybridized carbons (Fsp3) is 0.100. The summed E-state index contributed by atoms with van der Waals surface area (Å²) >= 11 is 0. The Balaban J connectivity index is 1.88. The molecule has 0 heterocycles. The van der Waals surface area contributed by atoms with Gasteiger partial charge >= 0.3 is 0 Å². The van der Waals surface area contributed by atoms with Crippen molar-refractivity contribution < 1.29 is 9.59 Å². The van der Waals surface area contributed by atoms with E-state index < -0.39 is 11.6 Å². The van der Waals surface area contributed by atoms with E-state index in [4.69, 9.17) is 22.9 Å². The Bertz CT molecular complexity index is 948. The summed E-state index contributed by atoms with van der Waals surface area (Å²) in [5, 5.41) is 0. The van der Waals surface area contributed by atoms with Gasteiger partial charge < -0.3 is 22.9 Å². The van der Waals surface area contributed by atoms with Gasteiger partial charge in [-0.1, -0.05) is 42.5 Å². The zero-order valence-corrected chi connectivity index (χ0v) is 14.1. The van der Waals surface area contributed by atoms with E-state index in [2.05, 4.69) is 0 Å². The molecule has 6 heteroatoms. The Labute approximate surface area is 151 Å². The molecule has 1 aliphatic carbocycles. The van der Waals surface area contributed by atoms with Gasteiger partial charge in [0.05, 0.1) is 6.04 Å². The van der Waals surface area contributed by atoms with Crippen molar-refractivity contribution in [2.75, 3.05) is 11.5 Å². The maximum Gasteiger partial charge on any atom is 0.192 e. The summed E-state index contributed by atoms with van der Waals surface area (Å²) in [6, 6.07) is 12.3. The molecule has 0 aromatic heterocycles. The first-order valence-electron chi connectivity index (χ1n) is 8.07. The SMILES string of the molecule is Nc1cccc(C(=O)C2=CC(N)C(N)(C(=O)c3cccc(N)c3)C=C2)c1. The van der Waals surface area contributed by atoms with Gasteiger partial charge in [0.1, 0.15) is 5.54 Å². The van der Waals surface area contributed by atoms with Crippen LogP contribution < -0.4 is 22.9 Å². The topological polar surface area (TPSA) is 138 Å². The summed E-state index contributed by atoms with van der Waals surface area (Å²) in [6.07, 6.45) is 4.51. The quantitative estimate of drug-likeness (QED) is 0.487. The lowest BCUT2D eigenvalue weighted by Crippen LogP contribution is -2.59. The van der Waals surface area contributed by atoms with Crippen molar-refractivity contribution in [2.45, 2.75) is 11.6 Å². The second-order valence-corrected chi connectivity index (χ2v) is 6.32. The molecule has 0 fully saturated rings. The van der Waals surface area contributed by atoms with Gasteiger partial charge in [0.2, 0.25) is 0 Å². The van der Waals surface area contributed by atoms with Crippen molar-refractivity contribution in [1.29, 1.82) is 0 Å². The summed E-state index contributed by atoms with van der Waals surface area (Å²) in [4.78, 5) is 25.5. The molecule has 1 aliphatic rings. The number of carbonyl (C=O) groups excluding carboxylic acids is 2. The van der Waals surface area contributed by atoms with Crippen LogP contribution in [0.3, 0.4) is 0 Å². The molecule has 2 aromatic carbocycles. The first kappa shape index (κ1) is 17.6. The van der Waals surface area contributed by atoms with Crippen molar-refractivity contribution in [3.05, 3.63) is 83.5 Å². The maximum atomic E-state index is 12.8. The Kier molecular flexibility index (Phi) is 4.46. The van der Waals surface area contributed by atoms with Crippen LogP contribution >= 0.6 is 0 Å². The van der Waals surface area contributed by atoms with Gasteiger partial charge in [-0.25, -0.2) is 0 Å². The summed E-state index contributed by atoms with van der Waals surface area (Å²) in [7, 11) is 0. The van der Waals surface area contributed by atoms with E-state index in [1.807, 2.05) is 0 Å². The molecule has 8 N–H and O–H groups in total. The van der Waals surface area contributed by atoms with Crippen LogP contribution in [-0.2, 0) is 0 Å². The number of hydrogen-bond acceptors (Lipinski definition) is 6. The number of allylic oxidation sites excluding steroid dienone is 2. The average molecular weight is 348 g/mol. The Morgan fingerprint density at radius 3 is 2.08 bits per heavy atom. The molecule has 3 rings (SSSR count). The van der Waals surface area contributed by atoms with E-state index in [0.29, 0.717) is 28.1 Å². The highest BCUT2D eigenvalue weighted by molar-refractivity contribution is 6.12. The molecule has 0 aliphatic heterocycles. The number of rotatable bonds is 4. The second-order valence-electron chi connectivity index (χ2n) is 6.32. The lowest BCUT2D eigenvalue weighted by Gasteiger charge is -2.32. The number of Topliss-reactive ketones (excluding diaryl/α,β-unsaturated/α-hetero) is 2. The molecular formula is C20H20N4O2. The fourth-order valence-corrected chi connectivity index (χ4v) is 2.88. The number of carbonyl (C=O) groups is 2. The largest absolute Gasteiger partial charge is 0.399 e. The third kappa shape index (κ3) is 3.15. The molecule has 6 nitrogen and oxygen atoms in total. The van der Waals surface area contributed by atoms with E-state index in [1.165, 1.54) is 18.2 Å². The highest BCUT2D eigenvalue weighted by atomic mass is 16.1. The van der Waals surface area contributed by atoms with Crippen LogP contribution in [0.25, 0.3) is 0 Å². The third-order valence-corrected chi connectivity index (χ3v) is 4.40. The zero-order valence-electron chi connectivity index (χ0n) is 14.1. The van der Waals surface area contributed by atoms with Gasteiger partial charge in [0.25, 0.3) is 0 Å². The Morgan fingerprint density at radius 2 is 1.50 bits per heavy atom. The minimum Gasteiger partial charge on any atom is -0.399 e. The molecule has 26 heavy (non-hydrogen) atoms. The van der Waals surface area contributed by atoms with Crippen molar-refractivity contribution in [1.82, 2.24) is 0 Å². The molecule has 132 valence electrons. The van der Waals surface area contributed by atoms with E-state index in [0.717, 1.165) is 0 Å². The smallest absolute Gasteiger partial charge is 0.192 e. The zero-order chi connectivity index (χ0) is 18.9. The van der Waals surface area contributed by atoms with E-state index in [-0.39, 0.29) is 11.6 Å². The van der Waals surface area contributed by atoms with Crippen LogP contribution in [0.2, 0.25) is 0 Å². The van der Waals surface area contributed by atoms with Gasteiger partial charge in [-0.3, -0.25) is 9.59 Å². The van der Waals surface area contributed by atoms with Crippen molar-refractivity contribution >= 4 is 22.9 Å². The minimum absolute atomic E-state index is 0.234. The maximum absolute atomic E-state index is 12.8. The minimum atomic E-state index is -1.45. The van der Waals surface area contributed by atoms with Crippen molar-refractivity contribution in [2.24, 2.45) is 11.5 Å². The van der Waals surface area contributed by atoms with Crippen molar-refractivity contribution in [3.8, 4) is 0 Å². The van der Waals surface area contributed by atoms with Crippen LogP contribution in [-0.4, -0.2) is 23.1 Å². The van der Waals surface area contributed by atoms with Gasteiger partial charge in [-0.15, -0.1) is 0 Å². The Hall–Kier alpha value is -3.22. The predicted molar refractivity (Wildman–Crippen MR) is 102 cm³/mol. The standard InChI is InChI=1S/C20H20N4O2/c21-15-5-1-3-12(9-15)18(25)13-7-8-20(24,17(23)11-13)19(26)14-4-2-6-16(22)10-14/h1-11,17H,21-24H2. The molecule has 0 radical (unpaired) electrons. The van der Waals surface area contributed by atoms with Crippen LogP contribution in [0.4, 0.5) is 11.4 Å². The summed E-state index contributed by atoms with van der Waals surface area (Å²) in [5.41, 5.74) is 24.6. The van der Waals surface area contributed by atoms with Gasteiger partial charge in [0, 0.05) is 28.1 Å². The summed E-state index contributed by atoms with van der Waals surface area (Å²) in [6.45, 7) is 0. The van der Waals surface area contributed by atoms with Crippen LogP contribution in [0, 0.1) is 0 Å². The molecule has 0 spiro atoms. The van der Waals surface area contributed by atoms with Gasteiger partial charge in [-0.05, 0) is 24.3 Å². The van der Waals surface area contributed by atoms with Gasteiger partial charge in [0.15, 0.2) is 11.6 Å². The van der Waals surface area contributed by atoms with E-state index in [9.17, 15) is 9.59 Å². The van der Waals surface area contributed by atoms with Gasteiger partial charge in [-0.2, -0.15) is 0 Å². The highest BCUT2D eigenvalue weighted by Gasteiger charge is 2.40. The number of nitrogens with two attached hydrogens (primary N) is 4.